The van der Waals surface area contributed by atoms with E-state index in [0.717, 1.165) is 23.3 Å². The maximum Gasteiger partial charge on any atom is 0.251 e. The van der Waals surface area contributed by atoms with E-state index in [-0.39, 0.29) is 5.91 Å². The molecule has 1 rings (SSSR count). The molecule has 4 heteroatoms. The number of unbranched alkanes of at least 4 members (excludes halogenated alkanes) is 24. The molecular weight excluding hydrogens is 552 g/mol. The first-order chi connectivity index (χ1) is 22.0. The standard InChI is InChI=1S/C41H76N2O2/c1-5-7-9-11-13-15-17-19-21-23-25-27-29-36-43(3,38-35-42-41(44)39-31-33-40(45-4)34-32-39)37-30-28-26-24-22-20-18-16-14-12-10-8-6-2/h31-34H,5-30,35-38H2,1-4H3/p+1. The fraction of sp³-hybridized carbons (Fsp3) is 0.829. The summed E-state index contributed by atoms with van der Waals surface area (Å²) in [5.41, 5.74) is 0.706. The summed E-state index contributed by atoms with van der Waals surface area (Å²) in [6, 6.07) is 7.42. The molecule has 0 fully saturated rings. The second-order valence-corrected chi connectivity index (χ2v) is 14.3. The van der Waals surface area contributed by atoms with Gasteiger partial charge in [0.2, 0.25) is 0 Å². The number of rotatable bonds is 33. The number of methoxy groups -OCH3 is 1. The predicted octanol–water partition coefficient (Wildman–Crippen LogP) is 12.1. The summed E-state index contributed by atoms with van der Waals surface area (Å²) in [4.78, 5) is 12.7. The SMILES string of the molecule is CCCCCCCCCCCCCCC[N+](C)(CCCCCCCCCCCCCCC)CCNC(=O)c1ccc(OC)cc1. The number of amides is 1. The lowest BCUT2D eigenvalue weighted by Gasteiger charge is -2.35. The van der Waals surface area contributed by atoms with Crippen molar-refractivity contribution in [3.63, 3.8) is 0 Å². The third kappa shape index (κ3) is 24.3. The highest BCUT2D eigenvalue weighted by molar-refractivity contribution is 5.94. The van der Waals surface area contributed by atoms with Crippen molar-refractivity contribution in [3.8, 4) is 5.75 Å². The largest absolute Gasteiger partial charge is 0.497 e. The van der Waals surface area contributed by atoms with Crippen LogP contribution in [0.15, 0.2) is 24.3 Å². The zero-order valence-electron chi connectivity index (χ0n) is 30.8. The van der Waals surface area contributed by atoms with Crippen molar-refractivity contribution in [3.05, 3.63) is 29.8 Å². The minimum atomic E-state index is 0.0196. The Balaban J connectivity index is 2.29. The molecule has 0 aromatic heterocycles. The summed E-state index contributed by atoms with van der Waals surface area (Å²) in [6.07, 6.45) is 36.4. The minimum Gasteiger partial charge on any atom is -0.497 e. The van der Waals surface area contributed by atoms with E-state index in [4.69, 9.17) is 4.74 Å². The molecule has 0 atom stereocenters. The molecule has 0 saturated carbocycles. The van der Waals surface area contributed by atoms with Crippen LogP contribution in [0.25, 0.3) is 0 Å². The molecule has 0 unspecified atom stereocenters. The summed E-state index contributed by atoms with van der Waals surface area (Å²) < 4.78 is 6.32. The molecule has 45 heavy (non-hydrogen) atoms. The third-order valence-electron chi connectivity index (χ3n) is 9.89. The quantitative estimate of drug-likeness (QED) is 0.0620. The van der Waals surface area contributed by atoms with Gasteiger partial charge in [0, 0.05) is 5.56 Å². The van der Waals surface area contributed by atoms with Gasteiger partial charge in [-0.25, -0.2) is 0 Å². The van der Waals surface area contributed by atoms with Gasteiger partial charge in [0.15, 0.2) is 0 Å². The molecule has 1 N–H and O–H groups in total. The van der Waals surface area contributed by atoms with E-state index in [2.05, 4.69) is 26.2 Å². The molecule has 4 nitrogen and oxygen atoms in total. The lowest BCUT2D eigenvalue weighted by molar-refractivity contribution is -0.908. The van der Waals surface area contributed by atoms with E-state index in [0.29, 0.717) is 5.56 Å². The van der Waals surface area contributed by atoms with Crippen LogP contribution in [0, 0.1) is 0 Å². The Kier molecular flexibility index (Phi) is 27.5. The second-order valence-electron chi connectivity index (χ2n) is 14.3. The van der Waals surface area contributed by atoms with Crippen molar-refractivity contribution in [1.29, 1.82) is 0 Å². The van der Waals surface area contributed by atoms with Gasteiger partial charge in [-0.1, -0.05) is 155 Å². The van der Waals surface area contributed by atoms with Crippen molar-refractivity contribution in [2.45, 2.75) is 181 Å². The van der Waals surface area contributed by atoms with Crippen LogP contribution >= 0.6 is 0 Å². The van der Waals surface area contributed by atoms with E-state index >= 15 is 0 Å². The predicted molar refractivity (Wildman–Crippen MR) is 198 cm³/mol. The highest BCUT2D eigenvalue weighted by Gasteiger charge is 2.21. The van der Waals surface area contributed by atoms with E-state index in [1.54, 1.807) is 7.11 Å². The lowest BCUT2D eigenvalue weighted by Crippen LogP contribution is -2.50. The highest BCUT2D eigenvalue weighted by Crippen LogP contribution is 2.17. The first-order valence-corrected chi connectivity index (χ1v) is 19.8. The van der Waals surface area contributed by atoms with Crippen molar-refractivity contribution >= 4 is 5.91 Å². The molecule has 0 aliphatic rings. The monoisotopic (exact) mass is 630 g/mol. The molecule has 0 bridgehead atoms. The van der Waals surface area contributed by atoms with Crippen molar-refractivity contribution in [2.75, 3.05) is 40.3 Å². The molecule has 0 radical (unpaired) electrons. The molecule has 0 aliphatic heterocycles. The van der Waals surface area contributed by atoms with Crippen LogP contribution in [0.1, 0.15) is 191 Å². The average molecular weight is 630 g/mol. The summed E-state index contributed by atoms with van der Waals surface area (Å²) in [7, 11) is 4.09. The normalized spacial score (nSPS) is 11.6. The van der Waals surface area contributed by atoms with Gasteiger partial charge < -0.3 is 14.5 Å². The van der Waals surface area contributed by atoms with E-state index < -0.39 is 0 Å². The number of ether oxygens (including phenoxy) is 1. The Labute approximate surface area is 281 Å². The number of quaternary nitrogens is 1. The van der Waals surface area contributed by atoms with Gasteiger partial charge in [0.05, 0.1) is 40.3 Å². The van der Waals surface area contributed by atoms with Gasteiger partial charge in [0.1, 0.15) is 5.75 Å². The lowest BCUT2D eigenvalue weighted by atomic mass is 10.0. The van der Waals surface area contributed by atoms with Crippen LogP contribution in [-0.2, 0) is 0 Å². The number of carbonyl (C=O) groups is 1. The van der Waals surface area contributed by atoms with Gasteiger partial charge in [-0.2, -0.15) is 0 Å². The number of likely N-dealkylation sites (N-methyl/N-ethyl adjacent to an activating group) is 1. The Morgan fingerprint density at radius 3 is 1.20 bits per heavy atom. The smallest absolute Gasteiger partial charge is 0.251 e. The van der Waals surface area contributed by atoms with Crippen molar-refractivity contribution in [1.82, 2.24) is 5.32 Å². The van der Waals surface area contributed by atoms with E-state index in [1.165, 1.54) is 180 Å². The highest BCUT2D eigenvalue weighted by atomic mass is 16.5. The molecule has 0 saturated heterocycles. The molecule has 1 aromatic rings. The van der Waals surface area contributed by atoms with Gasteiger partial charge in [0.25, 0.3) is 5.91 Å². The zero-order chi connectivity index (χ0) is 32.7. The number of hydrogen-bond acceptors (Lipinski definition) is 2. The number of nitrogens with zero attached hydrogens (tertiary/aromatic N) is 1. The minimum absolute atomic E-state index is 0.0196. The van der Waals surface area contributed by atoms with Gasteiger partial charge >= 0.3 is 0 Å². The third-order valence-corrected chi connectivity index (χ3v) is 9.89. The van der Waals surface area contributed by atoms with Gasteiger partial charge in [-0.15, -0.1) is 0 Å². The molecule has 262 valence electrons. The zero-order valence-corrected chi connectivity index (χ0v) is 30.8. The van der Waals surface area contributed by atoms with Crippen molar-refractivity contribution < 1.29 is 14.0 Å². The fourth-order valence-corrected chi connectivity index (χ4v) is 6.64. The van der Waals surface area contributed by atoms with Crippen LogP contribution in [0.4, 0.5) is 0 Å². The van der Waals surface area contributed by atoms with Crippen molar-refractivity contribution in [2.24, 2.45) is 0 Å². The second kappa shape index (κ2) is 29.8. The van der Waals surface area contributed by atoms with E-state index in [9.17, 15) is 4.79 Å². The molecule has 0 spiro atoms. The summed E-state index contributed by atoms with van der Waals surface area (Å²) in [6.45, 7) is 8.80. The molecule has 0 aliphatic carbocycles. The first kappa shape index (κ1) is 41.5. The number of nitrogens with one attached hydrogen (secondary N) is 1. The van der Waals surface area contributed by atoms with E-state index in [1.807, 2.05) is 24.3 Å². The Hall–Kier alpha value is -1.55. The Bertz CT molecular complexity index is 748. The summed E-state index contributed by atoms with van der Waals surface area (Å²) in [5, 5.41) is 3.19. The number of hydrogen-bond donors (Lipinski definition) is 1. The maximum atomic E-state index is 12.7. The number of benzene rings is 1. The van der Waals surface area contributed by atoms with Crippen LogP contribution in [0.2, 0.25) is 0 Å². The van der Waals surface area contributed by atoms with Crippen LogP contribution in [0.3, 0.4) is 0 Å². The molecule has 0 heterocycles. The molecule has 1 amide bonds. The summed E-state index contributed by atoms with van der Waals surface area (Å²) in [5.74, 6) is 0.803. The van der Waals surface area contributed by atoms with Crippen LogP contribution in [-0.4, -0.2) is 50.7 Å². The average Bonchev–Trinajstić information content (AvgIpc) is 3.05. The Morgan fingerprint density at radius 1 is 0.533 bits per heavy atom. The van der Waals surface area contributed by atoms with Gasteiger partial charge in [-0.3, -0.25) is 4.79 Å². The van der Waals surface area contributed by atoms with Crippen LogP contribution in [0.5, 0.6) is 5.75 Å². The van der Waals surface area contributed by atoms with Crippen LogP contribution < -0.4 is 10.1 Å². The molecule has 1 aromatic carbocycles. The topological polar surface area (TPSA) is 38.3 Å². The molecular formula is C41H77N2O2+. The fourth-order valence-electron chi connectivity index (χ4n) is 6.64. The van der Waals surface area contributed by atoms with Gasteiger partial charge in [-0.05, 0) is 49.9 Å². The first-order valence-electron chi connectivity index (χ1n) is 19.8. The summed E-state index contributed by atoms with van der Waals surface area (Å²) >= 11 is 0. The maximum absolute atomic E-state index is 12.7. The Morgan fingerprint density at radius 2 is 0.867 bits per heavy atom. The number of carbonyl (C=O) groups excluding carboxylic acids is 1.